The molecule has 2 aromatic rings. The van der Waals surface area contributed by atoms with Gasteiger partial charge in [0.2, 0.25) is 11.0 Å². The minimum atomic E-state index is -0.0940. The molecule has 0 bridgehead atoms. The van der Waals surface area contributed by atoms with Gasteiger partial charge >= 0.3 is 0 Å². The van der Waals surface area contributed by atoms with E-state index in [-0.39, 0.29) is 5.91 Å². The molecule has 20 heavy (non-hydrogen) atoms. The van der Waals surface area contributed by atoms with E-state index in [2.05, 4.69) is 20.6 Å². The van der Waals surface area contributed by atoms with E-state index in [0.717, 1.165) is 11.4 Å². The SMILES string of the molecule is Cc1nn(C)c(C)c1CN(C)CC(=O)Nc1nncs1. The number of aryl methyl sites for hydroxylation is 2. The molecule has 0 saturated heterocycles. The Bertz CT molecular complexity index is 591. The molecular weight excluding hydrogens is 276 g/mol. The lowest BCUT2D eigenvalue weighted by molar-refractivity contribution is -0.117. The first kappa shape index (κ1) is 14.6. The number of nitrogens with one attached hydrogen (secondary N) is 1. The third-order valence-corrected chi connectivity index (χ3v) is 3.71. The predicted molar refractivity (Wildman–Crippen MR) is 77.6 cm³/mol. The van der Waals surface area contributed by atoms with Crippen molar-refractivity contribution < 1.29 is 4.79 Å². The molecule has 108 valence electrons. The van der Waals surface area contributed by atoms with E-state index in [9.17, 15) is 4.79 Å². The van der Waals surface area contributed by atoms with Crippen LogP contribution in [-0.4, -0.2) is 44.4 Å². The van der Waals surface area contributed by atoms with Gasteiger partial charge in [0.05, 0.1) is 12.2 Å². The highest BCUT2D eigenvalue weighted by atomic mass is 32.1. The predicted octanol–water partition coefficient (Wildman–Crippen LogP) is 0.959. The third kappa shape index (κ3) is 3.40. The van der Waals surface area contributed by atoms with Gasteiger partial charge in [-0.25, -0.2) is 0 Å². The van der Waals surface area contributed by atoms with Gasteiger partial charge in [0, 0.05) is 24.8 Å². The van der Waals surface area contributed by atoms with Crippen molar-refractivity contribution in [2.45, 2.75) is 20.4 Å². The van der Waals surface area contributed by atoms with Crippen molar-refractivity contribution >= 4 is 22.4 Å². The molecule has 0 aliphatic rings. The Morgan fingerprint density at radius 1 is 1.50 bits per heavy atom. The molecule has 0 atom stereocenters. The summed E-state index contributed by atoms with van der Waals surface area (Å²) in [5, 5.41) is 15.1. The molecule has 0 saturated carbocycles. The maximum atomic E-state index is 11.9. The number of carbonyl (C=O) groups is 1. The molecule has 0 aliphatic heterocycles. The molecule has 1 amide bonds. The van der Waals surface area contributed by atoms with Gasteiger partial charge in [-0.1, -0.05) is 11.3 Å². The van der Waals surface area contributed by atoms with Gasteiger partial charge in [-0.05, 0) is 20.9 Å². The van der Waals surface area contributed by atoms with Crippen molar-refractivity contribution in [1.82, 2.24) is 24.9 Å². The molecule has 0 spiro atoms. The van der Waals surface area contributed by atoms with Gasteiger partial charge in [-0.2, -0.15) is 5.10 Å². The summed E-state index contributed by atoms with van der Waals surface area (Å²) in [6.07, 6.45) is 0. The average molecular weight is 294 g/mol. The number of aromatic nitrogens is 4. The second kappa shape index (κ2) is 6.10. The maximum Gasteiger partial charge on any atom is 0.240 e. The molecule has 0 aliphatic carbocycles. The van der Waals surface area contributed by atoms with Crippen molar-refractivity contribution in [1.29, 1.82) is 0 Å². The van der Waals surface area contributed by atoms with Crippen LogP contribution in [0.4, 0.5) is 5.13 Å². The first-order valence-corrected chi connectivity index (χ1v) is 7.09. The smallest absolute Gasteiger partial charge is 0.240 e. The van der Waals surface area contributed by atoms with Crippen LogP contribution in [0.3, 0.4) is 0 Å². The zero-order valence-corrected chi connectivity index (χ0v) is 12.9. The highest BCUT2D eigenvalue weighted by molar-refractivity contribution is 7.13. The highest BCUT2D eigenvalue weighted by Gasteiger charge is 2.14. The van der Waals surface area contributed by atoms with Crippen LogP contribution >= 0.6 is 11.3 Å². The van der Waals surface area contributed by atoms with E-state index in [1.807, 2.05) is 37.5 Å². The molecule has 2 heterocycles. The van der Waals surface area contributed by atoms with Crippen molar-refractivity contribution in [2.24, 2.45) is 7.05 Å². The first-order chi connectivity index (χ1) is 9.47. The molecule has 2 rings (SSSR count). The molecule has 2 aromatic heterocycles. The van der Waals surface area contributed by atoms with Crippen LogP contribution in [0.2, 0.25) is 0 Å². The van der Waals surface area contributed by atoms with Gasteiger partial charge in [0.25, 0.3) is 0 Å². The van der Waals surface area contributed by atoms with Crippen LogP contribution in [0.1, 0.15) is 17.0 Å². The fourth-order valence-corrected chi connectivity index (χ4v) is 2.46. The highest BCUT2D eigenvalue weighted by Crippen LogP contribution is 2.14. The van der Waals surface area contributed by atoms with E-state index in [1.165, 1.54) is 16.9 Å². The normalized spacial score (nSPS) is 11.1. The lowest BCUT2D eigenvalue weighted by Gasteiger charge is -2.16. The Morgan fingerprint density at radius 3 is 2.80 bits per heavy atom. The topological polar surface area (TPSA) is 75.9 Å². The summed E-state index contributed by atoms with van der Waals surface area (Å²) in [5.41, 5.74) is 4.88. The second-order valence-electron chi connectivity index (χ2n) is 4.74. The van der Waals surface area contributed by atoms with Gasteiger partial charge in [-0.15, -0.1) is 10.2 Å². The Balaban J connectivity index is 1.92. The van der Waals surface area contributed by atoms with Crippen LogP contribution in [0.5, 0.6) is 0 Å². The van der Waals surface area contributed by atoms with E-state index >= 15 is 0 Å². The zero-order chi connectivity index (χ0) is 14.7. The summed E-state index contributed by atoms with van der Waals surface area (Å²) in [6, 6.07) is 0. The fourth-order valence-electron chi connectivity index (χ4n) is 2.00. The van der Waals surface area contributed by atoms with Gasteiger partial charge in [-0.3, -0.25) is 19.7 Å². The van der Waals surface area contributed by atoms with Crippen molar-refractivity contribution in [3.63, 3.8) is 0 Å². The lowest BCUT2D eigenvalue weighted by Crippen LogP contribution is -2.30. The molecule has 0 unspecified atom stereocenters. The van der Waals surface area contributed by atoms with Crippen LogP contribution in [0.25, 0.3) is 0 Å². The third-order valence-electron chi connectivity index (χ3n) is 3.11. The van der Waals surface area contributed by atoms with Crippen LogP contribution in [0.15, 0.2) is 5.51 Å². The number of hydrogen-bond acceptors (Lipinski definition) is 6. The van der Waals surface area contributed by atoms with E-state index in [4.69, 9.17) is 0 Å². The lowest BCUT2D eigenvalue weighted by atomic mass is 10.2. The Morgan fingerprint density at radius 2 is 2.25 bits per heavy atom. The quantitative estimate of drug-likeness (QED) is 0.889. The molecule has 0 radical (unpaired) electrons. The average Bonchev–Trinajstić information content (AvgIpc) is 2.94. The second-order valence-corrected chi connectivity index (χ2v) is 5.57. The van der Waals surface area contributed by atoms with Crippen LogP contribution in [-0.2, 0) is 18.4 Å². The molecule has 0 fully saturated rings. The van der Waals surface area contributed by atoms with E-state index in [0.29, 0.717) is 18.2 Å². The number of nitrogens with zero attached hydrogens (tertiary/aromatic N) is 5. The Hall–Kier alpha value is -1.80. The number of carbonyl (C=O) groups excluding carboxylic acids is 1. The zero-order valence-electron chi connectivity index (χ0n) is 12.0. The minimum Gasteiger partial charge on any atom is -0.299 e. The standard InChI is InChI=1S/C12H18N6OS/c1-8-10(9(2)18(4)16-8)5-17(3)6-11(19)14-12-15-13-7-20-12/h7H,5-6H2,1-4H3,(H,14,15,19). The van der Waals surface area contributed by atoms with Crippen LogP contribution in [0, 0.1) is 13.8 Å². The van der Waals surface area contributed by atoms with E-state index in [1.54, 1.807) is 5.51 Å². The van der Waals surface area contributed by atoms with Gasteiger partial charge < -0.3 is 0 Å². The monoisotopic (exact) mass is 294 g/mol. The van der Waals surface area contributed by atoms with Gasteiger partial charge in [0.15, 0.2) is 0 Å². The number of likely N-dealkylation sites (N-methyl/N-ethyl adjacent to an activating group) is 1. The maximum absolute atomic E-state index is 11.9. The molecule has 8 heteroatoms. The molecule has 7 nitrogen and oxygen atoms in total. The summed E-state index contributed by atoms with van der Waals surface area (Å²) < 4.78 is 1.86. The van der Waals surface area contributed by atoms with Crippen molar-refractivity contribution in [3.8, 4) is 0 Å². The summed E-state index contributed by atoms with van der Waals surface area (Å²) in [5.74, 6) is -0.0940. The molecule has 0 aromatic carbocycles. The summed E-state index contributed by atoms with van der Waals surface area (Å²) in [6.45, 7) is 5.00. The largest absolute Gasteiger partial charge is 0.299 e. The number of rotatable bonds is 5. The van der Waals surface area contributed by atoms with Crippen LogP contribution < -0.4 is 5.32 Å². The Labute approximate surface area is 121 Å². The summed E-state index contributed by atoms with van der Waals surface area (Å²) >= 11 is 1.30. The van der Waals surface area contributed by atoms with E-state index < -0.39 is 0 Å². The molecular formula is C12H18N6OS. The fraction of sp³-hybridized carbons (Fsp3) is 0.500. The minimum absolute atomic E-state index is 0.0940. The van der Waals surface area contributed by atoms with Crippen molar-refractivity contribution in [3.05, 3.63) is 22.5 Å². The summed E-state index contributed by atoms with van der Waals surface area (Å²) in [7, 11) is 3.83. The Kier molecular flexibility index (Phi) is 4.46. The van der Waals surface area contributed by atoms with Gasteiger partial charge in [0.1, 0.15) is 5.51 Å². The van der Waals surface area contributed by atoms with Crippen molar-refractivity contribution in [2.75, 3.05) is 18.9 Å². The molecule has 1 N–H and O–H groups in total. The number of amides is 1. The first-order valence-electron chi connectivity index (χ1n) is 6.21. The number of anilines is 1. The number of hydrogen-bond donors (Lipinski definition) is 1. The summed E-state index contributed by atoms with van der Waals surface area (Å²) in [4.78, 5) is 13.8.